The minimum atomic E-state index is -0.396. The smallest absolute Gasteiger partial charge is 0.319 e. The summed E-state index contributed by atoms with van der Waals surface area (Å²) in [4.78, 5) is 39.7. The summed E-state index contributed by atoms with van der Waals surface area (Å²) >= 11 is 0. The summed E-state index contributed by atoms with van der Waals surface area (Å²) in [5.41, 5.74) is 2.49. The lowest BCUT2D eigenvalue weighted by molar-refractivity contribution is -0.140. The van der Waals surface area contributed by atoms with E-state index in [-0.39, 0.29) is 24.9 Å². The number of anilines is 1. The van der Waals surface area contributed by atoms with E-state index in [1.165, 1.54) is 7.11 Å². The number of hydrogen-bond donors (Lipinski definition) is 3. The number of aromatic nitrogens is 1. The Hall–Kier alpha value is -4.34. The Morgan fingerprint density at radius 3 is 2.35 bits per heavy atom. The Balaban J connectivity index is 1.40. The molecule has 0 radical (unpaired) electrons. The van der Waals surface area contributed by atoms with E-state index in [9.17, 15) is 14.4 Å². The number of esters is 1. The summed E-state index contributed by atoms with van der Waals surface area (Å²) in [5.74, 6) is 0.532. The normalized spacial score (nSPS) is 10.3. The number of ether oxygens (including phenoxy) is 2. The van der Waals surface area contributed by atoms with Gasteiger partial charge in [-0.05, 0) is 48.5 Å². The summed E-state index contributed by atoms with van der Waals surface area (Å²) in [6.07, 6.45) is 2.16. The summed E-state index contributed by atoms with van der Waals surface area (Å²) in [6, 6.07) is 13.4. The number of urea groups is 1. The Labute approximate surface area is 196 Å². The Morgan fingerprint density at radius 2 is 1.68 bits per heavy atom. The minimum Gasteiger partial charge on any atom is -0.497 e. The van der Waals surface area contributed by atoms with Crippen molar-refractivity contribution in [2.45, 2.75) is 12.8 Å². The highest BCUT2D eigenvalue weighted by Crippen LogP contribution is 2.21. The van der Waals surface area contributed by atoms with Gasteiger partial charge in [-0.25, -0.2) is 9.78 Å². The topological polar surface area (TPSA) is 132 Å². The fourth-order valence-electron chi connectivity index (χ4n) is 2.95. The number of rotatable bonds is 10. The number of carbonyl (C=O) groups is 3. The molecular formula is C24H26N4O6. The van der Waals surface area contributed by atoms with E-state index in [2.05, 4.69) is 25.7 Å². The summed E-state index contributed by atoms with van der Waals surface area (Å²) in [7, 11) is 2.90. The maximum atomic E-state index is 12.1. The van der Waals surface area contributed by atoms with Crippen LogP contribution in [-0.2, 0) is 16.0 Å². The molecule has 0 saturated carbocycles. The highest BCUT2D eigenvalue weighted by Gasteiger charge is 2.09. The monoisotopic (exact) mass is 466 g/mol. The number of methoxy groups -OCH3 is 2. The molecule has 34 heavy (non-hydrogen) atoms. The zero-order chi connectivity index (χ0) is 24.3. The molecule has 3 rings (SSSR count). The summed E-state index contributed by atoms with van der Waals surface area (Å²) in [6.45, 7) is 0.544. The third-order valence-corrected chi connectivity index (χ3v) is 4.80. The second-order valence-electron chi connectivity index (χ2n) is 7.16. The van der Waals surface area contributed by atoms with Crippen LogP contribution in [0.5, 0.6) is 5.75 Å². The van der Waals surface area contributed by atoms with E-state index in [0.29, 0.717) is 35.8 Å². The van der Waals surface area contributed by atoms with Gasteiger partial charge in [0.2, 0.25) is 5.89 Å². The van der Waals surface area contributed by atoms with Crippen LogP contribution in [0.25, 0.3) is 11.5 Å². The number of nitrogens with zero attached hydrogens (tertiary/aromatic N) is 1. The van der Waals surface area contributed by atoms with Gasteiger partial charge >= 0.3 is 12.0 Å². The highest BCUT2D eigenvalue weighted by molar-refractivity contribution is 5.95. The van der Waals surface area contributed by atoms with Gasteiger partial charge in [-0.2, -0.15) is 0 Å². The van der Waals surface area contributed by atoms with Crippen molar-refractivity contribution >= 4 is 23.6 Å². The van der Waals surface area contributed by atoms with Crippen molar-refractivity contribution in [1.82, 2.24) is 15.6 Å². The van der Waals surface area contributed by atoms with Crippen LogP contribution in [0.3, 0.4) is 0 Å². The number of hydrogen-bond acceptors (Lipinski definition) is 7. The van der Waals surface area contributed by atoms with Crippen molar-refractivity contribution < 1.29 is 28.3 Å². The predicted molar refractivity (Wildman–Crippen MR) is 125 cm³/mol. The fraction of sp³-hybridized carbons (Fsp3) is 0.250. The van der Waals surface area contributed by atoms with Crippen molar-refractivity contribution in [2.24, 2.45) is 0 Å². The molecule has 0 atom stereocenters. The van der Waals surface area contributed by atoms with Crippen LogP contribution in [0.4, 0.5) is 10.5 Å². The van der Waals surface area contributed by atoms with Crippen LogP contribution < -0.4 is 20.7 Å². The number of nitrogens with one attached hydrogen (secondary N) is 3. The van der Waals surface area contributed by atoms with Gasteiger partial charge in [0.05, 0.1) is 26.3 Å². The third kappa shape index (κ3) is 7.09. The molecule has 0 spiro atoms. The highest BCUT2D eigenvalue weighted by atomic mass is 16.5. The quantitative estimate of drug-likeness (QED) is 0.391. The van der Waals surface area contributed by atoms with E-state index in [1.54, 1.807) is 37.6 Å². The van der Waals surface area contributed by atoms with Gasteiger partial charge in [0.1, 0.15) is 12.0 Å². The molecule has 3 amide bonds. The Morgan fingerprint density at radius 1 is 0.941 bits per heavy atom. The average Bonchev–Trinajstić information content (AvgIpc) is 3.33. The van der Waals surface area contributed by atoms with Gasteiger partial charge < -0.3 is 29.8 Å². The first-order valence-corrected chi connectivity index (χ1v) is 10.6. The van der Waals surface area contributed by atoms with Crippen molar-refractivity contribution in [1.29, 1.82) is 0 Å². The van der Waals surface area contributed by atoms with Crippen LogP contribution in [0.2, 0.25) is 0 Å². The number of oxazole rings is 1. The SMILES string of the molecule is COC(=O)CCNC(=O)c1ccc(NC(=O)NCCc2coc(-c3ccc(OC)cc3)n2)cc1. The van der Waals surface area contributed by atoms with Crippen molar-refractivity contribution in [2.75, 3.05) is 32.6 Å². The maximum absolute atomic E-state index is 12.1. The van der Waals surface area contributed by atoms with Crippen LogP contribution in [0, 0.1) is 0 Å². The minimum absolute atomic E-state index is 0.0964. The molecule has 178 valence electrons. The van der Waals surface area contributed by atoms with Crippen molar-refractivity contribution in [3.63, 3.8) is 0 Å². The molecule has 10 heteroatoms. The van der Waals surface area contributed by atoms with E-state index in [0.717, 1.165) is 11.3 Å². The van der Waals surface area contributed by atoms with Gasteiger partial charge in [-0.1, -0.05) is 0 Å². The van der Waals surface area contributed by atoms with Gasteiger partial charge in [0, 0.05) is 36.3 Å². The molecule has 0 aliphatic rings. The maximum Gasteiger partial charge on any atom is 0.319 e. The van der Waals surface area contributed by atoms with Crippen molar-refractivity contribution in [3.8, 4) is 17.2 Å². The molecule has 3 N–H and O–H groups in total. The molecule has 1 heterocycles. The molecule has 1 aromatic heterocycles. The molecule has 3 aromatic rings. The first-order valence-electron chi connectivity index (χ1n) is 10.6. The Kier molecular flexibility index (Phi) is 8.61. The molecule has 0 saturated heterocycles. The lowest BCUT2D eigenvalue weighted by Gasteiger charge is -2.08. The van der Waals surface area contributed by atoms with E-state index >= 15 is 0 Å². The van der Waals surface area contributed by atoms with Crippen LogP contribution in [-0.4, -0.2) is 50.2 Å². The first kappa shape index (κ1) is 24.3. The molecule has 0 bridgehead atoms. The largest absolute Gasteiger partial charge is 0.497 e. The fourth-order valence-corrected chi connectivity index (χ4v) is 2.95. The standard InChI is InChI=1S/C24H26N4O6/c1-32-20-9-5-17(6-10-20)23-27-19(15-34-23)11-13-26-24(31)28-18-7-3-16(4-8-18)22(30)25-14-12-21(29)33-2/h3-10,15H,11-14H2,1-2H3,(H,25,30)(H2,26,28,31). The Bertz CT molecular complexity index is 1110. The van der Waals surface area contributed by atoms with Gasteiger partial charge in [-0.15, -0.1) is 0 Å². The second kappa shape index (κ2) is 12.0. The van der Waals surface area contributed by atoms with Crippen LogP contribution in [0.1, 0.15) is 22.5 Å². The number of amides is 3. The molecule has 0 aliphatic carbocycles. The van der Waals surface area contributed by atoms with Gasteiger partial charge in [-0.3, -0.25) is 9.59 Å². The van der Waals surface area contributed by atoms with Gasteiger partial charge in [0.15, 0.2) is 0 Å². The van der Waals surface area contributed by atoms with Crippen LogP contribution in [0.15, 0.2) is 59.2 Å². The van der Waals surface area contributed by atoms with E-state index in [1.807, 2.05) is 24.3 Å². The molecule has 2 aromatic carbocycles. The second-order valence-corrected chi connectivity index (χ2v) is 7.16. The number of benzene rings is 2. The molecule has 0 aliphatic heterocycles. The van der Waals surface area contributed by atoms with E-state index < -0.39 is 5.97 Å². The molecule has 0 fully saturated rings. The first-order chi connectivity index (χ1) is 16.5. The molecule has 10 nitrogen and oxygen atoms in total. The van der Waals surface area contributed by atoms with Gasteiger partial charge in [0.25, 0.3) is 5.91 Å². The zero-order valence-electron chi connectivity index (χ0n) is 18.9. The number of carbonyl (C=O) groups excluding carboxylic acids is 3. The predicted octanol–water partition coefficient (Wildman–Crippen LogP) is 3.01. The van der Waals surface area contributed by atoms with Crippen LogP contribution >= 0.6 is 0 Å². The molecular weight excluding hydrogens is 440 g/mol. The summed E-state index contributed by atoms with van der Waals surface area (Å²) < 4.78 is 15.2. The zero-order valence-corrected chi connectivity index (χ0v) is 18.9. The van der Waals surface area contributed by atoms with E-state index in [4.69, 9.17) is 9.15 Å². The third-order valence-electron chi connectivity index (χ3n) is 4.80. The summed E-state index contributed by atoms with van der Waals surface area (Å²) in [5, 5.41) is 8.08. The lowest BCUT2D eigenvalue weighted by atomic mass is 10.2. The average molecular weight is 466 g/mol. The molecule has 0 unspecified atom stereocenters. The lowest BCUT2D eigenvalue weighted by Crippen LogP contribution is -2.30. The van der Waals surface area contributed by atoms with Crippen molar-refractivity contribution in [3.05, 3.63) is 66.1 Å².